The predicted molar refractivity (Wildman–Crippen MR) is 75.5 cm³/mol. The Kier molecular flexibility index (Phi) is 4.20. The van der Waals surface area contributed by atoms with Crippen molar-refractivity contribution in [1.82, 2.24) is 4.98 Å². The molecule has 0 saturated heterocycles. The number of nitrogens with two attached hydrogens (primary N) is 1. The number of thioether (sulfide) groups is 1. The molecule has 2 N–H and O–H groups in total. The van der Waals surface area contributed by atoms with Gasteiger partial charge in [-0.15, -0.1) is 23.1 Å². The lowest BCUT2D eigenvalue weighted by Crippen LogP contribution is -2.01. The number of rotatable bonds is 4. The van der Waals surface area contributed by atoms with E-state index >= 15 is 0 Å². The molecule has 0 fully saturated rings. The van der Waals surface area contributed by atoms with Crippen molar-refractivity contribution in [3.05, 3.63) is 45.9 Å². The van der Waals surface area contributed by atoms with Gasteiger partial charge in [0.1, 0.15) is 5.01 Å². The van der Waals surface area contributed by atoms with Crippen LogP contribution in [0.25, 0.3) is 0 Å². The normalized spacial score (nSPS) is 12.6. The molecule has 0 amide bonds. The highest BCUT2D eigenvalue weighted by Gasteiger charge is 2.06. The molecule has 1 aromatic heterocycles. The standard InChI is InChI=1S/C13H16N2S2/c1-9-4-3-5-11(6-9)16-8-13-15-7-12(17-13)10(2)14/h3-7,10H,8,14H2,1-2H3. The summed E-state index contributed by atoms with van der Waals surface area (Å²) in [6, 6.07) is 8.63. The van der Waals surface area contributed by atoms with Crippen LogP contribution in [0, 0.1) is 6.92 Å². The Balaban J connectivity index is 1.97. The van der Waals surface area contributed by atoms with Crippen LogP contribution in [0.15, 0.2) is 35.4 Å². The molecule has 4 heteroatoms. The summed E-state index contributed by atoms with van der Waals surface area (Å²) in [5.74, 6) is 0.918. The average Bonchev–Trinajstić information content (AvgIpc) is 2.75. The molecular formula is C13H16N2S2. The second-order valence-electron chi connectivity index (χ2n) is 4.05. The molecule has 0 aliphatic heterocycles. The fourth-order valence-corrected chi connectivity index (χ4v) is 3.34. The Morgan fingerprint density at radius 2 is 2.29 bits per heavy atom. The molecule has 0 radical (unpaired) electrons. The Bertz CT molecular complexity index is 492. The molecule has 1 atom stereocenters. The highest BCUT2D eigenvalue weighted by Crippen LogP contribution is 2.27. The van der Waals surface area contributed by atoms with E-state index in [1.165, 1.54) is 10.5 Å². The lowest BCUT2D eigenvalue weighted by atomic mass is 10.2. The molecule has 2 nitrogen and oxygen atoms in total. The molecule has 0 spiro atoms. The van der Waals surface area contributed by atoms with Gasteiger partial charge in [0, 0.05) is 22.0 Å². The molecule has 0 saturated carbocycles. The van der Waals surface area contributed by atoms with E-state index in [0.717, 1.165) is 15.6 Å². The number of aryl methyl sites for hydroxylation is 1. The maximum atomic E-state index is 5.82. The molecule has 0 aliphatic rings. The van der Waals surface area contributed by atoms with E-state index in [2.05, 4.69) is 36.2 Å². The van der Waals surface area contributed by atoms with Crippen molar-refractivity contribution in [2.75, 3.05) is 0 Å². The van der Waals surface area contributed by atoms with E-state index < -0.39 is 0 Å². The first-order valence-corrected chi connectivity index (χ1v) is 7.35. The largest absolute Gasteiger partial charge is 0.323 e. The van der Waals surface area contributed by atoms with Gasteiger partial charge in [-0.3, -0.25) is 0 Å². The van der Waals surface area contributed by atoms with Crippen molar-refractivity contribution in [3.8, 4) is 0 Å². The SMILES string of the molecule is Cc1cccc(SCc2ncc(C(C)N)s2)c1. The third kappa shape index (κ3) is 3.56. The van der Waals surface area contributed by atoms with Crippen LogP contribution in [0.4, 0.5) is 0 Å². The predicted octanol–water partition coefficient (Wildman–Crippen LogP) is 3.76. The molecule has 2 aromatic rings. The zero-order valence-electron chi connectivity index (χ0n) is 10.0. The fraction of sp³-hybridized carbons (Fsp3) is 0.308. The number of hydrogen-bond donors (Lipinski definition) is 1. The minimum absolute atomic E-state index is 0.0882. The van der Waals surface area contributed by atoms with Gasteiger partial charge in [0.05, 0.1) is 5.75 Å². The summed E-state index contributed by atoms with van der Waals surface area (Å²) >= 11 is 3.53. The van der Waals surface area contributed by atoms with Crippen molar-refractivity contribution in [2.24, 2.45) is 5.73 Å². The van der Waals surface area contributed by atoms with E-state index in [1.54, 1.807) is 11.3 Å². The van der Waals surface area contributed by atoms with E-state index in [-0.39, 0.29) is 6.04 Å². The quantitative estimate of drug-likeness (QED) is 0.854. The second kappa shape index (κ2) is 5.67. The number of thiazole rings is 1. The summed E-state index contributed by atoms with van der Waals surface area (Å²) in [4.78, 5) is 6.84. The number of aromatic nitrogens is 1. The lowest BCUT2D eigenvalue weighted by Gasteiger charge is -2.00. The van der Waals surface area contributed by atoms with Crippen LogP contribution in [0.2, 0.25) is 0 Å². The van der Waals surface area contributed by atoms with Crippen LogP contribution < -0.4 is 5.73 Å². The van der Waals surface area contributed by atoms with Crippen LogP contribution >= 0.6 is 23.1 Å². The van der Waals surface area contributed by atoms with Gasteiger partial charge in [0.15, 0.2) is 0 Å². The van der Waals surface area contributed by atoms with Crippen LogP contribution in [0.5, 0.6) is 0 Å². The average molecular weight is 264 g/mol. The van der Waals surface area contributed by atoms with E-state index in [1.807, 2.05) is 24.9 Å². The van der Waals surface area contributed by atoms with Gasteiger partial charge < -0.3 is 5.73 Å². The Morgan fingerprint density at radius 3 is 2.94 bits per heavy atom. The first-order valence-electron chi connectivity index (χ1n) is 5.55. The number of hydrogen-bond acceptors (Lipinski definition) is 4. The third-order valence-electron chi connectivity index (χ3n) is 2.37. The van der Waals surface area contributed by atoms with Gasteiger partial charge in [-0.1, -0.05) is 17.7 Å². The minimum Gasteiger partial charge on any atom is -0.323 e. The first kappa shape index (κ1) is 12.6. The number of nitrogens with zero attached hydrogens (tertiary/aromatic N) is 1. The van der Waals surface area contributed by atoms with Gasteiger partial charge in [-0.25, -0.2) is 4.98 Å². The van der Waals surface area contributed by atoms with E-state index in [0.29, 0.717) is 0 Å². The monoisotopic (exact) mass is 264 g/mol. The van der Waals surface area contributed by atoms with Crippen LogP contribution in [-0.4, -0.2) is 4.98 Å². The molecule has 1 aromatic carbocycles. The Morgan fingerprint density at radius 1 is 1.47 bits per heavy atom. The minimum atomic E-state index is 0.0882. The molecular weight excluding hydrogens is 248 g/mol. The molecule has 1 heterocycles. The molecule has 17 heavy (non-hydrogen) atoms. The highest BCUT2D eigenvalue weighted by atomic mass is 32.2. The Labute approximate surface area is 110 Å². The topological polar surface area (TPSA) is 38.9 Å². The summed E-state index contributed by atoms with van der Waals surface area (Å²) in [6.45, 7) is 4.10. The van der Waals surface area contributed by atoms with Crippen LogP contribution in [0.3, 0.4) is 0 Å². The van der Waals surface area contributed by atoms with Gasteiger partial charge >= 0.3 is 0 Å². The van der Waals surface area contributed by atoms with Gasteiger partial charge in [0.25, 0.3) is 0 Å². The zero-order chi connectivity index (χ0) is 12.3. The van der Waals surface area contributed by atoms with Gasteiger partial charge in [0.2, 0.25) is 0 Å². The van der Waals surface area contributed by atoms with Gasteiger partial charge in [-0.2, -0.15) is 0 Å². The molecule has 90 valence electrons. The van der Waals surface area contributed by atoms with Crippen molar-refractivity contribution < 1.29 is 0 Å². The molecule has 0 aliphatic carbocycles. The Hall–Kier alpha value is -0.840. The van der Waals surface area contributed by atoms with Crippen LogP contribution in [-0.2, 0) is 5.75 Å². The number of benzene rings is 1. The van der Waals surface area contributed by atoms with Crippen molar-refractivity contribution in [1.29, 1.82) is 0 Å². The molecule has 1 unspecified atom stereocenters. The van der Waals surface area contributed by atoms with E-state index in [4.69, 9.17) is 5.73 Å². The highest BCUT2D eigenvalue weighted by molar-refractivity contribution is 7.98. The summed E-state index contributed by atoms with van der Waals surface area (Å²) < 4.78 is 0. The summed E-state index contributed by atoms with van der Waals surface area (Å²) in [5.41, 5.74) is 7.11. The van der Waals surface area contributed by atoms with E-state index in [9.17, 15) is 0 Å². The third-order valence-corrected chi connectivity index (χ3v) is 4.76. The van der Waals surface area contributed by atoms with Gasteiger partial charge in [-0.05, 0) is 26.0 Å². The molecule has 0 bridgehead atoms. The maximum absolute atomic E-state index is 5.82. The summed E-state index contributed by atoms with van der Waals surface area (Å²) in [6.07, 6.45) is 1.89. The van der Waals surface area contributed by atoms with Crippen molar-refractivity contribution >= 4 is 23.1 Å². The summed E-state index contributed by atoms with van der Waals surface area (Å²) in [7, 11) is 0. The van der Waals surface area contributed by atoms with Crippen molar-refractivity contribution in [3.63, 3.8) is 0 Å². The maximum Gasteiger partial charge on any atom is 0.103 e. The first-order chi connectivity index (χ1) is 8.15. The van der Waals surface area contributed by atoms with Crippen LogP contribution in [0.1, 0.15) is 28.4 Å². The lowest BCUT2D eigenvalue weighted by molar-refractivity contribution is 0.835. The summed E-state index contributed by atoms with van der Waals surface area (Å²) in [5, 5.41) is 1.14. The fourth-order valence-electron chi connectivity index (χ4n) is 1.45. The second-order valence-corrected chi connectivity index (χ2v) is 6.25. The molecule has 2 rings (SSSR count). The smallest absolute Gasteiger partial charge is 0.103 e. The zero-order valence-corrected chi connectivity index (χ0v) is 11.6. The van der Waals surface area contributed by atoms with Crippen molar-refractivity contribution in [2.45, 2.75) is 30.5 Å².